The molecule has 0 radical (unpaired) electrons. The number of benzene rings is 1. The third kappa shape index (κ3) is 6.84. The number of fused-ring (bicyclic) bond motifs is 1. The molecular weight excluding hydrogens is 529 g/mol. The fourth-order valence-electron chi connectivity index (χ4n) is 2.54. The first-order valence-corrected chi connectivity index (χ1v) is 14.5. The van der Waals surface area contributed by atoms with Crippen LogP contribution in [-0.2, 0) is 28.9 Å². The van der Waals surface area contributed by atoms with Crippen molar-refractivity contribution in [3.8, 4) is 11.5 Å². The lowest BCUT2D eigenvalue weighted by molar-refractivity contribution is 0.280. The highest BCUT2D eigenvalue weighted by molar-refractivity contribution is 7.91. The van der Waals surface area contributed by atoms with Gasteiger partial charge in [0.2, 0.25) is 5.75 Å². The third-order valence-electron chi connectivity index (χ3n) is 3.99. The first-order chi connectivity index (χ1) is 16.1. The number of aromatic nitrogens is 1. The number of hydrogen-bond acceptors (Lipinski definition) is 11. The molecule has 0 fully saturated rings. The minimum absolute atomic E-state index is 0.0138. The van der Waals surface area contributed by atoms with Crippen LogP contribution in [0.2, 0.25) is 0 Å². The van der Waals surface area contributed by atoms with Gasteiger partial charge >= 0.3 is 8.25 Å². The van der Waals surface area contributed by atoms with Crippen molar-refractivity contribution in [2.45, 2.75) is 9.10 Å². The number of sulfonamides is 1. The Labute approximate surface area is 199 Å². The predicted octanol–water partition coefficient (Wildman–Crippen LogP) is 3.38. The van der Waals surface area contributed by atoms with E-state index < -0.39 is 34.8 Å². The van der Waals surface area contributed by atoms with E-state index in [0.29, 0.717) is 15.8 Å². The van der Waals surface area contributed by atoms with Gasteiger partial charge in [-0.3, -0.25) is 4.98 Å². The number of pyridine rings is 1. The smallest absolute Gasteiger partial charge is 0.493 e. The molecule has 34 heavy (non-hydrogen) atoms. The average Bonchev–Trinajstić information content (AvgIpc) is 3.21. The van der Waals surface area contributed by atoms with E-state index in [1.165, 1.54) is 18.3 Å². The van der Waals surface area contributed by atoms with E-state index in [1.807, 2.05) is 0 Å². The summed E-state index contributed by atoms with van der Waals surface area (Å²) in [7, 11) is -10.6. The normalized spacial score (nSPS) is 12.2. The number of nitrogens with one attached hydrogen (secondary N) is 1. The summed E-state index contributed by atoms with van der Waals surface area (Å²) in [5.74, 6) is 0.201. The zero-order chi connectivity index (χ0) is 24.8. The summed E-state index contributed by atoms with van der Waals surface area (Å²) in [5, 5.41) is 3.98. The maximum Gasteiger partial charge on any atom is 0.751 e. The predicted molar refractivity (Wildman–Crippen MR) is 123 cm³/mol. The number of sulfone groups is 1. The molecule has 180 valence electrons. The Morgan fingerprint density at radius 1 is 1.24 bits per heavy atom. The van der Waals surface area contributed by atoms with E-state index >= 15 is 0 Å². The van der Waals surface area contributed by atoms with Crippen molar-refractivity contribution in [3.05, 3.63) is 53.2 Å². The van der Waals surface area contributed by atoms with E-state index in [2.05, 4.69) is 19.7 Å². The van der Waals surface area contributed by atoms with Crippen LogP contribution >= 0.6 is 19.6 Å². The molecular formula is C17H17N5O8PS3+. The zero-order valence-corrected chi connectivity index (χ0v) is 20.7. The number of thiophene rings is 1. The van der Waals surface area contributed by atoms with Crippen LogP contribution in [0.1, 0.15) is 0 Å². The zero-order valence-electron chi connectivity index (χ0n) is 17.4. The van der Waals surface area contributed by atoms with Crippen molar-refractivity contribution >= 4 is 49.5 Å². The van der Waals surface area contributed by atoms with E-state index in [0.717, 1.165) is 23.8 Å². The van der Waals surface area contributed by atoms with Crippen LogP contribution in [0.15, 0.2) is 56.9 Å². The van der Waals surface area contributed by atoms with Gasteiger partial charge in [-0.2, -0.15) is 4.72 Å². The maximum absolute atomic E-state index is 12.6. The second kappa shape index (κ2) is 11.1. The minimum atomic E-state index is -4.00. The molecule has 3 aromatic rings. The molecule has 0 aliphatic heterocycles. The number of rotatable bonds is 12. The highest BCUT2D eigenvalue weighted by atomic mass is 32.2. The average molecular weight is 547 g/mol. The molecule has 1 N–H and O–H groups in total. The molecule has 3 rings (SSSR count). The van der Waals surface area contributed by atoms with Gasteiger partial charge in [-0.15, -0.1) is 11.3 Å². The quantitative estimate of drug-likeness (QED) is 0.0887. The summed E-state index contributed by atoms with van der Waals surface area (Å²) >= 11 is 1.00. The van der Waals surface area contributed by atoms with Crippen molar-refractivity contribution < 1.29 is 35.2 Å². The number of hydrogen-bond donors (Lipinski definition) is 1. The van der Waals surface area contributed by atoms with Crippen molar-refractivity contribution in [3.63, 3.8) is 0 Å². The van der Waals surface area contributed by atoms with Gasteiger partial charge in [-0.05, 0) is 41.2 Å². The van der Waals surface area contributed by atoms with E-state index in [1.54, 1.807) is 18.2 Å². The highest BCUT2D eigenvalue weighted by Crippen LogP contribution is 2.33. The summed E-state index contributed by atoms with van der Waals surface area (Å²) in [6.45, 7) is -0.354. The summed E-state index contributed by atoms with van der Waals surface area (Å²) in [6, 6.07) is 7.61. The summed E-state index contributed by atoms with van der Waals surface area (Å²) in [4.78, 5) is 6.10. The van der Waals surface area contributed by atoms with Crippen LogP contribution in [-0.4, -0.2) is 48.0 Å². The fraction of sp³-hybridized carbons (Fsp3) is 0.235. The molecule has 0 saturated heterocycles. The number of azide groups is 1. The van der Waals surface area contributed by atoms with Crippen molar-refractivity contribution in [2.75, 3.05) is 26.1 Å². The Morgan fingerprint density at radius 3 is 2.76 bits per heavy atom. The Hall–Kier alpha value is -2.84. The molecule has 0 aliphatic rings. The molecule has 0 saturated carbocycles. The van der Waals surface area contributed by atoms with Gasteiger partial charge in [0.25, 0.3) is 10.0 Å². The maximum atomic E-state index is 12.6. The van der Waals surface area contributed by atoms with Crippen molar-refractivity contribution in [1.29, 1.82) is 0 Å². The molecule has 0 spiro atoms. The van der Waals surface area contributed by atoms with Crippen molar-refractivity contribution in [1.82, 2.24) is 9.71 Å². The first-order valence-electron chi connectivity index (χ1n) is 9.19. The van der Waals surface area contributed by atoms with Gasteiger partial charge in [0.05, 0.1) is 19.3 Å². The molecule has 1 aromatic carbocycles. The lowest BCUT2D eigenvalue weighted by Gasteiger charge is -2.03. The second-order valence-corrected chi connectivity index (χ2v) is 12.3. The van der Waals surface area contributed by atoms with E-state index in [4.69, 9.17) is 19.3 Å². The molecule has 1 unspecified atom stereocenters. The molecule has 2 heterocycles. The van der Waals surface area contributed by atoms with E-state index in [-0.39, 0.29) is 28.0 Å². The van der Waals surface area contributed by atoms with Gasteiger partial charge in [0, 0.05) is 26.6 Å². The monoisotopic (exact) mass is 546 g/mol. The largest absolute Gasteiger partial charge is 0.751 e. The SMILES string of the molecule is CS(=O)(=O)c1ccncc1O[P+](=O)OCNS(=O)(=O)c1cc2cc(OCCN=[N+]=[N-])ccc2s1. The van der Waals surface area contributed by atoms with Gasteiger partial charge < -0.3 is 4.74 Å². The topological polar surface area (TPSA) is 187 Å². The van der Waals surface area contributed by atoms with Crippen LogP contribution in [0.5, 0.6) is 11.5 Å². The number of ether oxygens (including phenoxy) is 1. The Morgan fingerprint density at radius 2 is 2.03 bits per heavy atom. The van der Waals surface area contributed by atoms with E-state index in [9.17, 15) is 21.4 Å². The highest BCUT2D eigenvalue weighted by Gasteiger charge is 2.28. The molecule has 0 bridgehead atoms. The van der Waals surface area contributed by atoms with Gasteiger partial charge in [-0.25, -0.2) is 21.4 Å². The van der Waals surface area contributed by atoms with Crippen LogP contribution < -0.4 is 14.0 Å². The molecule has 2 aromatic heterocycles. The molecule has 1 atom stereocenters. The number of nitrogens with zero attached hydrogens (tertiary/aromatic N) is 4. The van der Waals surface area contributed by atoms with Crippen LogP contribution in [0.3, 0.4) is 0 Å². The lowest BCUT2D eigenvalue weighted by atomic mass is 10.2. The molecule has 17 heteroatoms. The van der Waals surface area contributed by atoms with Crippen molar-refractivity contribution in [2.24, 2.45) is 5.11 Å². The van der Waals surface area contributed by atoms with Gasteiger partial charge in [0.15, 0.2) is 16.6 Å². The third-order valence-corrected chi connectivity index (χ3v) is 8.78. The lowest BCUT2D eigenvalue weighted by Crippen LogP contribution is -2.24. The Balaban J connectivity index is 1.61. The minimum Gasteiger partial charge on any atom is -0.493 e. The van der Waals surface area contributed by atoms with Crippen LogP contribution in [0.4, 0.5) is 0 Å². The fourth-order valence-corrected chi connectivity index (χ4v) is 6.29. The Kier molecular flexibility index (Phi) is 8.38. The summed E-state index contributed by atoms with van der Waals surface area (Å²) in [6.07, 6.45) is 3.23. The summed E-state index contributed by atoms with van der Waals surface area (Å²) < 4.78 is 78.8. The molecule has 0 aliphatic carbocycles. The standard InChI is InChI=1S/C17H17N5O8PS3/c1-33(24,25)16-4-5-19-10-14(16)30-31(23)29-11-21-34(26,27)17-9-12-8-13(2-3-15(12)32-17)28-7-6-20-22-18/h2-5,8-10,21H,6-7,11H2,1H3/q+1. The second-order valence-electron chi connectivity index (χ2n) is 6.40. The summed E-state index contributed by atoms with van der Waals surface area (Å²) in [5.41, 5.74) is 8.27. The molecule has 13 nitrogen and oxygen atoms in total. The van der Waals surface area contributed by atoms with Crippen LogP contribution in [0, 0.1) is 0 Å². The van der Waals surface area contributed by atoms with Gasteiger partial charge in [-0.1, -0.05) is 9.64 Å². The van der Waals surface area contributed by atoms with Gasteiger partial charge in [0.1, 0.15) is 14.9 Å². The molecule has 0 amide bonds. The Bertz CT molecular complexity index is 1470. The van der Waals surface area contributed by atoms with Crippen LogP contribution in [0.25, 0.3) is 20.5 Å². The first kappa shape index (κ1) is 25.8.